The lowest BCUT2D eigenvalue weighted by atomic mass is 9.73. The van der Waals surface area contributed by atoms with Crippen molar-refractivity contribution in [1.82, 2.24) is 0 Å². The molecule has 0 aliphatic heterocycles. The van der Waals surface area contributed by atoms with Crippen LogP contribution in [0.15, 0.2) is 12.2 Å². The summed E-state index contributed by atoms with van der Waals surface area (Å²) in [6.45, 7) is 0. The highest BCUT2D eigenvalue weighted by Gasteiger charge is 2.57. The molecule has 0 nitrogen and oxygen atoms in total. The molecule has 0 spiro atoms. The van der Waals surface area contributed by atoms with Crippen molar-refractivity contribution >= 4 is 0 Å². The summed E-state index contributed by atoms with van der Waals surface area (Å²) in [4.78, 5) is 0. The van der Waals surface area contributed by atoms with E-state index in [2.05, 4.69) is 12.2 Å². The summed E-state index contributed by atoms with van der Waals surface area (Å²) >= 11 is 0. The third-order valence-electron chi connectivity index (χ3n) is 5.19. The Morgan fingerprint density at radius 1 is 0.750 bits per heavy atom. The summed E-state index contributed by atoms with van der Waals surface area (Å²) in [6, 6.07) is 0. The van der Waals surface area contributed by atoms with Crippen molar-refractivity contribution < 1.29 is 0 Å². The Bertz CT molecular complexity index is 229. The molecule has 0 heteroatoms. The lowest BCUT2D eigenvalue weighted by Crippen LogP contribution is -2.25. The molecule has 12 heavy (non-hydrogen) atoms. The fourth-order valence-electron chi connectivity index (χ4n) is 4.98. The van der Waals surface area contributed by atoms with Crippen molar-refractivity contribution in [1.29, 1.82) is 0 Å². The zero-order valence-electron chi connectivity index (χ0n) is 7.45. The molecule has 3 saturated carbocycles. The van der Waals surface area contributed by atoms with Gasteiger partial charge in [0.05, 0.1) is 0 Å². The van der Waals surface area contributed by atoms with E-state index in [1.165, 1.54) is 6.42 Å². The van der Waals surface area contributed by atoms with Gasteiger partial charge in [-0.3, -0.25) is 0 Å². The van der Waals surface area contributed by atoms with Gasteiger partial charge in [0.2, 0.25) is 0 Å². The van der Waals surface area contributed by atoms with Crippen LogP contribution in [0.1, 0.15) is 25.7 Å². The first kappa shape index (κ1) is 6.23. The van der Waals surface area contributed by atoms with Crippen LogP contribution < -0.4 is 0 Å². The molecule has 0 aromatic rings. The number of allylic oxidation sites excluding steroid dienone is 2. The normalized spacial score (nSPS) is 64.7. The molecular weight excluding hydrogens is 144 g/mol. The first-order valence-corrected chi connectivity index (χ1v) is 5.62. The highest BCUT2D eigenvalue weighted by molar-refractivity contribution is 5.19. The Morgan fingerprint density at radius 2 is 1.33 bits per heavy atom. The van der Waals surface area contributed by atoms with E-state index in [0.29, 0.717) is 0 Å². The van der Waals surface area contributed by atoms with Crippen molar-refractivity contribution in [3.05, 3.63) is 12.2 Å². The number of hydrogen-bond donors (Lipinski definition) is 0. The molecule has 0 heterocycles. The van der Waals surface area contributed by atoms with Gasteiger partial charge in [-0.15, -0.1) is 0 Å². The molecule has 3 fully saturated rings. The lowest BCUT2D eigenvalue weighted by Gasteiger charge is -2.31. The van der Waals surface area contributed by atoms with Crippen LogP contribution in [0, 0.1) is 35.5 Å². The molecule has 4 aliphatic carbocycles. The van der Waals surface area contributed by atoms with Crippen LogP contribution in [-0.4, -0.2) is 0 Å². The summed E-state index contributed by atoms with van der Waals surface area (Å²) in [7, 11) is 0. The minimum atomic E-state index is 1.02. The first-order chi connectivity index (χ1) is 5.93. The Hall–Kier alpha value is -0.260. The SMILES string of the molecule is C1=C[C@H]2C[C@H]1C1C2[C@H]2CC[C@H]1C2. The Morgan fingerprint density at radius 3 is 1.92 bits per heavy atom. The molecule has 64 valence electrons. The van der Waals surface area contributed by atoms with E-state index in [9.17, 15) is 0 Å². The third-order valence-corrected chi connectivity index (χ3v) is 5.19. The van der Waals surface area contributed by atoms with Crippen molar-refractivity contribution in [2.75, 3.05) is 0 Å². The molecule has 0 aromatic carbocycles. The monoisotopic (exact) mass is 160 g/mol. The van der Waals surface area contributed by atoms with Crippen LogP contribution in [0.4, 0.5) is 0 Å². The average Bonchev–Trinajstić information content (AvgIpc) is 2.83. The van der Waals surface area contributed by atoms with Gasteiger partial charge in [0.1, 0.15) is 0 Å². The van der Waals surface area contributed by atoms with Crippen molar-refractivity contribution in [3.63, 3.8) is 0 Å². The molecule has 0 radical (unpaired) electrons. The van der Waals surface area contributed by atoms with E-state index in [4.69, 9.17) is 0 Å². The van der Waals surface area contributed by atoms with Gasteiger partial charge in [0.25, 0.3) is 0 Å². The molecule has 4 rings (SSSR count). The standard InChI is InChI=1S/C12H16/c1-2-8-5-7(1)11-9-3-4-10(6-9)12(8)11/h1-2,7-12H,3-6H2/t7-,8-,9-,10-,11?,12?/m0/s1. The predicted octanol–water partition coefficient (Wildman–Crippen LogP) is 2.85. The average molecular weight is 160 g/mol. The van der Waals surface area contributed by atoms with Crippen molar-refractivity contribution in [3.8, 4) is 0 Å². The van der Waals surface area contributed by atoms with Crippen LogP contribution in [-0.2, 0) is 0 Å². The van der Waals surface area contributed by atoms with Gasteiger partial charge in [0.15, 0.2) is 0 Å². The van der Waals surface area contributed by atoms with E-state index in [0.717, 1.165) is 35.5 Å². The highest BCUT2D eigenvalue weighted by atomic mass is 14.6. The second kappa shape index (κ2) is 1.81. The summed E-state index contributed by atoms with van der Waals surface area (Å²) in [5, 5.41) is 0. The molecule has 2 unspecified atom stereocenters. The Kier molecular flexibility index (Phi) is 0.939. The topological polar surface area (TPSA) is 0 Å². The van der Waals surface area contributed by atoms with Crippen LogP contribution in [0.25, 0.3) is 0 Å². The van der Waals surface area contributed by atoms with Crippen LogP contribution in [0.2, 0.25) is 0 Å². The van der Waals surface area contributed by atoms with Gasteiger partial charge in [-0.05, 0) is 61.2 Å². The summed E-state index contributed by atoms with van der Waals surface area (Å²) in [5.74, 6) is 6.66. The Balaban J connectivity index is 1.82. The van der Waals surface area contributed by atoms with E-state index in [-0.39, 0.29) is 0 Å². The quantitative estimate of drug-likeness (QED) is 0.377. The van der Waals surface area contributed by atoms with Gasteiger partial charge in [0, 0.05) is 0 Å². The van der Waals surface area contributed by atoms with E-state index >= 15 is 0 Å². The summed E-state index contributed by atoms with van der Waals surface area (Å²) < 4.78 is 0. The van der Waals surface area contributed by atoms with E-state index < -0.39 is 0 Å². The molecule has 4 aliphatic rings. The summed E-state index contributed by atoms with van der Waals surface area (Å²) in [6.07, 6.45) is 11.3. The fraction of sp³-hybridized carbons (Fsp3) is 0.833. The molecule has 4 bridgehead atoms. The zero-order chi connectivity index (χ0) is 7.71. The maximum atomic E-state index is 2.53. The number of hydrogen-bond acceptors (Lipinski definition) is 0. The number of rotatable bonds is 0. The summed E-state index contributed by atoms with van der Waals surface area (Å²) in [5.41, 5.74) is 0. The minimum Gasteiger partial charge on any atom is -0.0848 e. The van der Waals surface area contributed by atoms with Gasteiger partial charge in [-0.1, -0.05) is 12.2 Å². The molecule has 0 aromatic heterocycles. The number of fused-ring (bicyclic) bond motifs is 9. The van der Waals surface area contributed by atoms with Gasteiger partial charge in [-0.2, -0.15) is 0 Å². The van der Waals surface area contributed by atoms with Crippen LogP contribution >= 0.6 is 0 Å². The molecule has 0 amide bonds. The lowest BCUT2D eigenvalue weighted by molar-refractivity contribution is 0.206. The van der Waals surface area contributed by atoms with E-state index in [1.807, 2.05) is 0 Å². The van der Waals surface area contributed by atoms with Crippen molar-refractivity contribution in [2.45, 2.75) is 25.7 Å². The second-order valence-electron chi connectivity index (χ2n) is 5.44. The van der Waals surface area contributed by atoms with E-state index in [1.54, 1.807) is 19.3 Å². The second-order valence-corrected chi connectivity index (χ2v) is 5.44. The van der Waals surface area contributed by atoms with Gasteiger partial charge >= 0.3 is 0 Å². The largest absolute Gasteiger partial charge is 0.0848 e. The van der Waals surface area contributed by atoms with Crippen LogP contribution in [0.5, 0.6) is 0 Å². The molecule has 0 N–H and O–H groups in total. The third kappa shape index (κ3) is 0.522. The molecular formula is C12H16. The predicted molar refractivity (Wildman–Crippen MR) is 48.5 cm³/mol. The minimum absolute atomic E-state index is 1.02. The van der Waals surface area contributed by atoms with Crippen molar-refractivity contribution in [2.24, 2.45) is 35.5 Å². The fourth-order valence-corrected chi connectivity index (χ4v) is 4.98. The van der Waals surface area contributed by atoms with Gasteiger partial charge in [-0.25, -0.2) is 0 Å². The zero-order valence-corrected chi connectivity index (χ0v) is 7.45. The molecule has 6 atom stereocenters. The maximum Gasteiger partial charge on any atom is -0.0194 e. The smallest absolute Gasteiger partial charge is 0.0194 e. The van der Waals surface area contributed by atoms with Crippen LogP contribution in [0.3, 0.4) is 0 Å². The maximum absolute atomic E-state index is 2.53. The first-order valence-electron chi connectivity index (χ1n) is 5.62. The highest BCUT2D eigenvalue weighted by Crippen LogP contribution is 2.65. The van der Waals surface area contributed by atoms with Gasteiger partial charge < -0.3 is 0 Å². The molecule has 0 saturated heterocycles. The Labute approximate surface area is 74.0 Å².